The van der Waals surface area contributed by atoms with E-state index in [1.807, 2.05) is 19.9 Å². The summed E-state index contributed by atoms with van der Waals surface area (Å²) in [5.74, 6) is -1.28. The lowest BCUT2D eigenvalue weighted by atomic mass is 10.0. The number of furan rings is 1. The van der Waals surface area contributed by atoms with Crippen LogP contribution in [0.25, 0.3) is 21.9 Å². The van der Waals surface area contributed by atoms with Crippen LogP contribution in [-0.2, 0) is 16.0 Å². The summed E-state index contributed by atoms with van der Waals surface area (Å²) in [6.07, 6.45) is -0.317. The highest BCUT2D eigenvalue weighted by Crippen LogP contribution is 2.31. The van der Waals surface area contributed by atoms with Crippen molar-refractivity contribution in [1.29, 1.82) is 0 Å². The first-order chi connectivity index (χ1) is 14.8. The fourth-order valence-corrected chi connectivity index (χ4v) is 3.73. The predicted molar refractivity (Wildman–Crippen MR) is 113 cm³/mol. The lowest BCUT2D eigenvalue weighted by molar-refractivity contribution is -0.308. The molecular weight excluding hydrogens is 398 g/mol. The van der Waals surface area contributed by atoms with E-state index >= 15 is 0 Å². The number of hydrogen-bond donors (Lipinski definition) is 1. The Morgan fingerprint density at radius 1 is 0.968 bits per heavy atom. The monoisotopic (exact) mass is 418 g/mol. The minimum atomic E-state index is -1.44. The van der Waals surface area contributed by atoms with Crippen molar-refractivity contribution in [2.45, 2.75) is 33.2 Å². The van der Waals surface area contributed by atoms with Crippen LogP contribution >= 0.6 is 0 Å². The summed E-state index contributed by atoms with van der Waals surface area (Å²) < 4.78 is 11.1. The second-order valence-corrected chi connectivity index (χ2v) is 7.53. The molecule has 7 heteroatoms. The third-order valence-electron chi connectivity index (χ3n) is 5.59. The number of nitrogens with one attached hydrogen (secondary N) is 1. The minimum Gasteiger partial charge on any atom is -0.548 e. The average Bonchev–Trinajstić information content (AvgIpc) is 3.01. The first kappa shape index (κ1) is 20.4. The predicted octanol–water partition coefficient (Wildman–Crippen LogP) is 2.61. The molecule has 0 radical (unpaired) electrons. The Labute approximate surface area is 177 Å². The zero-order valence-electron chi connectivity index (χ0n) is 17.3. The zero-order chi connectivity index (χ0) is 22.3. The van der Waals surface area contributed by atoms with Crippen molar-refractivity contribution < 1.29 is 23.5 Å². The van der Waals surface area contributed by atoms with E-state index in [2.05, 4.69) is 5.32 Å². The molecule has 7 nitrogen and oxygen atoms in total. The molecule has 0 aliphatic heterocycles. The van der Waals surface area contributed by atoms with E-state index in [0.717, 1.165) is 16.7 Å². The SMILES string of the molecule is Cc1oc2cc3oc(=O)c(CC(=O)N[C@H](C(=O)[O-])c4ccccc4)c(C)c3cc2c1C. The molecule has 0 bridgehead atoms. The maximum absolute atomic E-state index is 12.6. The van der Waals surface area contributed by atoms with Crippen molar-refractivity contribution in [1.82, 2.24) is 5.32 Å². The van der Waals surface area contributed by atoms with Gasteiger partial charge in [0.15, 0.2) is 0 Å². The van der Waals surface area contributed by atoms with Gasteiger partial charge in [0.2, 0.25) is 5.91 Å². The van der Waals surface area contributed by atoms with Gasteiger partial charge in [-0.2, -0.15) is 0 Å². The highest BCUT2D eigenvalue weighted by Gasteiger charge is 2.20. The van der Waals surface area contributed by atoms with Crippen molar-refractivity contribution in [2.75, 3.05) is 0 Å². The van der Waals surface area contributed by atoms with E-state index in [1.54, 1.807) is 43.3 Å². The van der Waals surface area contributed by atoms with Crippen molar-refractivity contribution in [3.05, 3.63) is 80.9 Å². The third kappa shape index (κ3) is 3.70. The molecule has 158 valence electrons. The molecule has 1 atom stereocenters. The van der Waals surface area contributed by atoms with E-state index in [4.69, 9.17) is 8.83 Å². The number of aliphatic carboxylic acids is 1. The van der Waals surface area contributed by atoms with Gasteiger partial charge in [0.25, 0.3) is 0 Å². The molecule has 2 aromatic carbocycles. The molecule has 0 spiro atoms. The molecule has 0 saturated heterocycles. The molecule has 0 aliphatic carbocycles. The van der Waals surface area contributed by atoms with Crippen LogP contribution in [0.15, 0.2) is 56.1 Å². The topological polar surface area (TPSA) is 113 Å². The van der Waals surface area contributed by atoms with Gasteiger partial charge < -0.3 is 24.1 Å². The van der Waals surface area contributed by atoms with Gasteiger partial charge in [0.05, 0.1) is 24.0 Å². The van der Waals surface area contributed by atoms with Crippen LogP contribution < -0.4 is 16.0 Å². The number of benzene rings is 2. The maximum atomic E-state index is 12.6. The molecule has 0 aliphatic rings. The van der Waals surface area contributed by atoms with Crippen molar-refractivity contribution in [3.8, 4) is 0 Å². The summed E-state index contributed by atoms with van der Waals surface area (Å²) in [4.78, 5) is 36.7. The summed E-state index contributed by atoms with van der Waals surface area (Å²) in [6, 6.07) is 10.5. The van der Waals surface area contributed by atoms with Gasteiger partial charge in [-0.1, -0.05) is 30.3 Å². The van der Waals surface area contributed by atoms with Crippen LogP contribution in [0, 0.1) is 20.8 Å². The number of hydrogen-bond acceptors (Lipinski definition) is 6. The van der Waals surface area contributed by atoms with Crippen LogP contribution in [-0.4, -0.2) is 11.9 Å². The number of carboxylic acids is 1. The van der Waals surface area contributed by atoms with Crippen LogP contribution in [0.3, 0.4) is 0 Å². The van der Waals surface area contributed by atoms with Crippen LogP contribution in [0.1, 0.15) is 34.1 Å². The van der Waals surface area contributed by atoms with E-state index < -0.39 is 23.5 Å². The molecule has 0 fully saturated rings. The Balaban J connectivity index is 1.69. The van der Waals surface area contributed by atoms with Crippen molar-refractivity contribution in [2.24, 2.45) is 0 Å². The number of carbonyl (C=O) groups is 2. The summed E-state index contributed by atoms with van der Waals surface area (Å²) >= 11 is 0. The number of carbonyl (C=O) groups excluding carboxylic acids is 2. The van der Waals surface area contributed by atoms with Gasteiger partial charge in [0, 0.05) is 16.8 Å². The Morgan fingerprint density at radius 3 is 2.29 bits per heavy atom. The summed E-state index contributed by atoms with van der Waals surface area (Å²) in [7, 11) is 0. The average molecular weight is 418 g/mol. The second kappa shape index (κ2) is 7.75. The molecule has 2 heterocycles. The summed E-state index contributed by atoms with van der Waals surface area (Å²) in [5.41, 5.74) is 2.48. The molecule has 0 saturated carbocycles. The van der Waals surface area contributed by atoms with Crippen molar-refractivity contribution >= 4 is 33.8 Å². The third-order valence-corrected chi connectivity index (χ3v) is 5.59. The van der Waals surface area contributed by atoms with Crippen LogP contribution in [0.4, 0.5) is 0 Å². The lowest BCUT2D eigenvalue weighted by Gasteiger charge is -2.20. The maximum Gasteiger partial charge on any atom is 0.340 e. The van der Waals surface area contributed by atoms with E-state index in [0.29, 0.717) is 27.7 Å². The normalized spacial score (nSPS) is 12.2. The first-order valence-corrected chi connectivity index (χ1v) is 9.77. The summed E-state index contributed by atoms with van der Waals surface area (Å²) in [6.45, 7) is 5.54. The highest BCUT2D eigenvalue weighted by molar-refractivity contribution is 5.97. The van der Waals surface area contributed by atoms with E-state index in [9.17, 15) is 19.5 Å². The molecule has 1 N–H and O–H groups in total. The van der Waals surface area contributed by atoms with Gasteiger partial charge in [-0.05, 0) is 43.5 Å². The number of aryl methyl sites for hydroxylation is 3. The van der Waals surface area contributed by atoms with Crippen LogP contribution in [0.2, 0.25) is 0 Å². The van der Waals surface area contributed by atoms with Crippen molar-refractivity contribution in [3.63, 3.8) is 0 Å². The van der Waals surface area contributed by atoms with E-state index in [1.165, 1.54) is 0 Å². The van der Waals surface area contributed by atoms with Crippen LogP contribution in [0.5, 0.6) is 0 Å². The zero-order valence-corrected chi connectivity index (χ0v) is 17.3. The van der Waals surface area contributed by atoms with Gasteiger partial charge in [0.1, 0.15) is 16.9 Å². The molecular formula is C24H20NO6-. The number of carboxylic acid groups (broad SMARTS) is 1. The Bertz CT molecular complexity index is 1380. The quantitative estimate of drug-likeness (QED) is 0.499. The number of rotatable bonds is 5. The Hall–Kier alpha value is -3.87. The lowest BCUT2D eigenvalue weighted by Crippen LogP contribution is -2.42. The first-order valence-electron chi connectivity index (χ1n) is 9.77. The number of amides is 1. The standard InChI is InChI=1S/C24H21NO6/c1-12-14(3)30-19-11-20-17(9-16(12)19)13(2)18(24(29)31-20)10-21(26)25-22(23(27)28)15-7-5-4-6-8-15/h4-9,11,22H,10H2,1-3H3,(H,25,26)(H,27,28)/p-1/t22-/m0/s1. The number of fused-ring (bicyclic) bond motifs is 2. The minimum absolute atomic E-state index is 0.173. The Kier molecular flexibility index (Phi) is 5.10. The second-order valence-electron chi connectivity index (χ2n) is 7.53. The summed E-state index contributed by atoms with van der Waals surface area (Å²) in [5, 5.41) is 15.6. The molecule has 0 unspecified atom stereocenters. The Morgan fingerprint density at radius 2 is 1.61 bits per heavy atom. The molecule has 2 aromatic heterocycles. The fraction of sp³-hybridized carbons (Fsp3) is 0.208. The van der Waals surface area contributed by atoms with Gasteiger partial charge >= 0.3 is 5.63 Å². The van der Waals surface area contributed by atoms with Gasteiger partial charge in [-0.25, -0.2) is 4.79 Å². The molecule has 4 aromatic rings. The van der Waals surface area contributed by atoms with Gasteiger partial charge in [-0.15, -0.1) is 0 Å². The fourth-order valence-electron chi connectivity index (χ4n) is 3.73. The molecule has 31 heavy (non-hydrogen) atoms. The largest absolute Gasteiger partial charge is 0.548 e. The smallest absolute Gasteiger partial charge is 0.340 e. The van der Waals surface area contributed by atoms with Gasteiger partial charge in [-0.3, -0.25) is 4.79 Å². The highest BCUT2D eigenvalue weighted by atomic mass is 16.4. The molecule has 1 amide bonds. The van der Waals surface area contributed by atoms with E-state index in [-0.39, 0.29) is 12.0 Å². The molecule has 4 rings (SSSR count).